The summed E-state index contributed by atoms with van der Waals surface area (Å²) in [5.41, 5.74) is 3.31. The zero-order valence-electron chi connectivity index (χ0n) is 14.8. The summed E-state index contributed by atoms with van der Waals surface area (Å²) in [6.07, 6.45) is 1.57. The predicted molar refractivity (Wildman–Crippen MR) is 107 cm³/mol. The van der Waals surface area contributed by atoms with Crippen LogP contribution in [-0.2, 0) is 9.53 Å². The van der Waals surface area contributed by atoms with Crippen molar-refractivity contribution in [2.45, 2.75) is 13.8 Å². The lowest BCUT2D eigenvalue weighted by Gasteiger charge is -2.31. The highest BCUT2D eigenvalue weighted by molar-refractivity contribution is 8.15. The number of thiocarbonyl (C=S) groups is 1. The summed E-state index contributed by atoms with van der Waals surface area (Å²) in [6, 6.07) is 5.78. The number of nitrogens with one attached hydrogen (secondary N) is 1. The van der Waals surface area contributed by atoms with Gasteiger partial charge in [-0.25, -0.2) is 0 Å². The standard InChI is InChI=1S/C18H21N3O3S2/c1-12-4-3-5-14(13(12)2)19-17(22)15(20-6-8-24-9-7-20)10-21-16(25)11-26-18(21)23/h3-5,10H,6-9,11H2,1-2H3,(H,19,22)/b15-10-. The first kappa shape index (κ1) is 18.9. The van der Waals surface area contributed by atoms with E-state index in [4.69, 9.17) is 17.0 Å². The Kier molecular flexibility index (Phi) is 5.95. The Balaban J connectivity index is 1.89. The molecule has 2 aliphatic heterocycles. The number of morpholine rings is 1. The van der Waals surface area contributed by atoms with Gasteiger partial charge in [-0.1, -0.05) is 36.1 Å². The summed E-state index contributed by atoms with van der Waals surface area (Å²) in [4.78, 5) is 28.9. The molecule has 1 N–H and O–H groups in total. The maximum atomic E-state index is 13.0. The second kappa shape index (κ2) is 8.20. The molecule has 26 heavy (non-hydrogen) atoms. The number of carbonyl (C=O) groups is 2. The molecule has 2 saturated heterocycles. The van der Waals surface area contributed by atoms with Crippen LogP contribution in [0.4, 0.5) is 10.5 Å². The lowest BCUT2D eigenvalue weighted by atomic mass is 10.1. The number of hydrogen-bond donors (Lipinski definition) is 1. The van der Waals surface area contributed by atoms with Gasteiger partial charge in [-0.2, -0.15) is 0 Å². The minimum Gasteiger partial charge on any atom is -0.378 e. The molecule has 8 heteroatoms. The van der Waals surface area contributed by atoms with E-state index >= 15 is 0 Å². The van der Waals surface area contributed by atoms with Gasteiger partial charge in [0.1, 0.15) is 10.7 Å². The quantitative estimate of drug-likeness (QED) is 0.629. The first-order valence-electron chi connectivity index (χ1n) is 8.38. The van der Waals surface area contributed by atoms with E-state index in [0.29, 0.717) is 42.7 Å². The zero-order valence-corrected chi connectivity index (χ0v) is 16.4. The van der Waals surface area contributed by atoms with Gasteiger partial charge in [0.2, 0.25) is 0 Å². The Labute approximate surface area is 162 Å². The minimum atomic E-state index is -0.256. The predicted octanol–water partition coefficient (Wildman–Crippen LogP) is 2.91. The molecule has 1 aromatic carbocycles. The van der Waals surface area contributed by atoms with Gasteiger partial charge in [0.15, 0.2) is 0 Å². The van der Waals surface area contributed by atoms with Crippen LogP contribution in [0.3, 0.4) is 0 Å². The maximum Gasteiger partial charge on any atom is 0.291 e. The summed E-state index contributed by atoms with van der Waals surface area (Å²) < 4.78 is 5.38. The second-order valence-corrected chi connectivity index (χ2v) is 7.53. The average Bonchev–Trinajstić information content (AvgIpc) is 2.95. The van der Waals surface area contributed by atoms with Crippen LogP contribution in [0.15, 0.2) is 30.1 Å². The highest BCUT2D eigenvalue weighted by Crippen LogP contribution is 2.24. The molecule has 2 fully saturated rings. The minimum absolute atomic E-state index is 0.153. The van der Waals surface area contributed by atoms with Crippen LogP contribution in [0, 0.1) is 13.8 Å². The SMILES string of the molecule is Cc1cccc(NC(=O)/C(=C/N2C(=O)SCC2=S)N2CCOCC2)c1C. The van der Waals surface area contributed by atoms with Crippen molar-refractivity contribution in [2.24, 2.45) is 0 Å². The molecule has 0 aliphatic carbocycles. The lowest BCUT2D eigenvalue weighted by Crippen LogP contribution is -2.41. The normalized spacial score (nSPS) is 18.5. The van der Waals surface area contributed by atoms with Crippen molar-refractivity contribution in [2.75, 3.05) is 37.4 Å². The Morgan fingerprint density at radius 3 is 2.69 bits per heavy atom. The molecule has 0 aromatic heterocycles. The molecule has 138 valence electrons. The van der Waals surface area contributed by atoms with Gasteiger partial charge in [-0.15, -0.1) is 0 Å². The van der Waals surface area contributed by atoms with Crippen molar-refractivity contribution in [3.63, 3.8) is 0 Å². The Bertz CT molecular complexity index is 757. The summed E-state index contributed by atoms with van der Waals surface area (Å²) in [5.74, 6) is 0.216. The number of anilines is 1. The number of hydrogen-bond acceptors (Lipinski definition) is 6. The number of carbonyl (C=O) groups excluding carboxylic acids is 2. The van der Waals surface area contributed by atoms with Gasteiger partial charge in [0.25, 0.3) is 11.1 Å². The average molecular weight is 392 g/mol. The van der Waals surface area contributed by atoms with E-state index in [9.17, 15) is 9.59 Å². The van der Waals surface area contributed by atoms with E-state index in [-0.39, 0.29) is 11.1 Å². The van der Waals surface area contributed by atoms with Crippen LogP contribution >= 0.6 is 24.0 Å². The number of ether oxygens (including phenoxy) is 1. The zero-order chi connectivity index (χ0) is 18.7. The fraction of sp³-hybridized carbons (Fsp3) is 0.389. The highest BCUT2D eigenvalue weighted by Gasteiger charge is 2.29. The largest absolute Gasteiger partial charge is 0.378 e. The summed E-state index contributed by atoms with van der Waals surface area (Å²) in [5, 5.41) is 2.82. The third kappa shape index (κ3) is 4.08. The molecule has 1 aromatic rings. The molecule has 2 heterocycles. The van der Waals surface area contributed by atoms with Crippen molar-refractivity contribution in [1.29, 1.82) is 0 Å². The van der Waals surface area contributed by atoms with Crippen LogP contribution < -0.4 is 5.32 Å². The highest BCUT2D eigenvalue weighted by atomic mass is 32.2. The number of nitrogens with zero attached hydrogens (tertiary/aromatic N) is 2. The molecule has 0 saturated carbocycles. The molecule has 0 unspecified atom stereocenters. The summed E-state index contributed by atoms with van der Waals surface area (Å²) in [7, 11) is 0. The summed E-state index contributed by atoms with van der Waals surface area (Å²) in [6.45, 7) is 6.24. The maximum absolute atomic E-state index is 13.0. The molecular weight excluding hydrogens is 370 g/mol. The molecule has 2 amide bonds. The van der Waals surface area contributed by atoms with Crippen molar-refractivity contribution >= 4 is 45.8 Å². The van der Waals surface area contributed by atoms with Gasteiger partial charge in [-0.05, 0) is 31.0 Å². The van der Waals surface area contributed by atoms with Gasteiger partial charge in [0, 0.05) is 25.0 Å². The third-order valence-corrected chi connectivity index (χ3v) is 5.86. The number of benzene rings is 1. The topological polar surface area (TPSA) is 61.9 Å². The van der Waals surface area contributed by atoms with Gasteiger partial charge in [0.05, 0.1) is 19.0 Å². The molecular formula is C18H21N3O3S2. The number of aryl methyl sites for hydroxylation is 1. The Hall–Kier alpha value is -1.90. The van der Waals surface area contributed by atoms with Crippen molar-refractivity contribution in [3.8, 4) is 0 Å². The third-order valence-electron chi connectivity index (χ3n) is 4.47. The van der Waals surface area contributed by atoms with E-state index in [1.165, 1.54) is 4.90 Å². The molecule has 0 bridgehead atoms. The van der Waals surface area contributed by atoms with Gasteiger partial charge >= 0.3 is 0 Å². The monoisotopic (exact) mass is 391 g/mol. The van der Waals surface area contributed by atoms with Gasteiger partial charge in [-0.3, -0.25) is 14.5 Å². The van der Waals surface area contributed by atoms with Crippen LogP contribution in [0.25, 0.3) is 0 Å². The Morgan fingerprint density at radius 2 is 2.04 bits per heavy atom. The second-order valence-electron chi connectivity index (χ2n) is 6.13. The Morgan fingerprint density at radius 1 is 1.31 bits per heavy atom. The number of thioether (sulfide) groups is 1. The van der Waals surface area contributed by atoms with Crippen molar-refractivity contribution in [1.82, 2.24) is 9.80 Å². The van der Waals surface area contributed by atoms with E-state index in [1.54, 1.807) is 6.20 Å². The van der Waals surface area contributed by atoms with Crippen LogP contribution in [0.1, 0.15) is 11.1 Å². The smallest absolute Gasteiger partial charge is 0.291 e. The summed E-state index contributed by atoms with van der Waals surface area (Å²) >= 11 is 6.40. The van der Waals surface area contributed by atoms with Crippen molar-refractivity contribution in [3.05, 3.63) is 41.2 Å². The molecule has 0 spiro atoms. The van der Waals surface area contributed by atoms with Crippen LogP contribution in [0.2, 0.25) is 0 Å². The van der Waals surface area contributed by atoms with Crippen LogP contribution in [-0.4, -0.2) is 58.0 Å². The van der Waals surface area contributed by atoms with E-state index in [0.717, 1.165) is 28.6 Å². The van der Waals surface area contributed by atoms with E-state index < -0.39 is 0 Å². The molecule has 0 radical (unpaired) electrons. The molecule has 2 aliphatic rings. The van der Waals surface area contributed by atoms with E-state index in [2.05, 4.69) is 5.32 Å². The lowest BCUT2D eigenvalue weighted by molar-refractivity contribution is -0.114. The first-order valence-corrected chi connectivity index (χ1v) is 9.77. The van der Waals surface area contributed by atoms with Crippen molar-refractivity contribution < 1.29 is 14.3 Å². The van der Waals surface area contributed by atoms with E-state index in [1.807, 2.05) is 36.9 Å². The fourth-order valence-electron chi connectivity index (χ4n) is 2.77. The molecule has 3 rings (SSSR count). The number of amides is 2. The molecule has 6 nitrogen and oxygen atoms in total. The van der Waals surface area contributed by atoms with Gasteiger partial charge < -0.3 is 15.0 Å². The molecule has 0 atom stereocenters. The first-order chi connectivity index (χ1) is 12.5. The fourth-order valence-corrected chi connectivity index (χ4v) is 3.83. The number of rotatable bonds is 4. The van der Waals surface area contributed by atoms with Crippen LogP contribution in [0.5, 0.6) is 0 Å².